The number of aryl methyl sites for hydroxylation is 1. The molecule has 0 saturated carbocycles. The highest BCUT2D eigenvalue weighted by Gasteiger charge is 2.02. The van der Waals surface area contributed by atoms with Crippen LogP contribution in [0.15, 0.2) is 35.5 Å². The highest BCUT2D eigenvalue weighted by molar-refractivity contribution is 14.0. The Hall–Kier alpha value is -1.39. The van der Waals surface area contributed by atoms with E-state index in [1.165, 1.54) is 4.88 Å². The monoisotopic (exact) mass is 545 g/mol. The van der Waals surface area contributed by atoms with Crippen molar-refractivity contribution in [3.63, 3.8) is 0 Å². The first-order chi connectivity index (χ1) is 14.1. The van der Waals surface area contributed by atoms with Gasteiger partial charge in [-0.25, -0.2) is 9.98 Å². The first-order valence-electron chi connectivity index (χ1n) is 10.5. The number of guanidine groups is 1. The lowest BCUT2D eigenvalue weighted by Crippen LogP contribution is -2.38. The van der Waals surface area contributed by atoms with Crippen LogP contribution < -0.4 is 15.4 Å². The number of nitrogens with one attached hydrogen (secondary N) is 2. The number of likely N-dealkylation sites (N-methyl/N-ethyl adjacent to an activating group) is 1. The van der Waals surface area contributed by atoms with Crippen LogP contribution in [0.5, 0.6) is 5.75 Å². The normalized spacial score (nSPS) is 11.3. The molecule has 1 aromatic carbocycles. The van der Waals surface area contributed by atoms with Crippen LogP contribution in [0.2, 0.25) is 0 Å². The van der Waals surface area contributed by atoms with Crippen molar-refractivity contribution in [2.75, 3.05) is 39.3 Å². The number of halogens is 1. The summed E-state index contributed by atoms with van der Waals surface area (Å²) in [5.41, 5.74) is 1.16. The lowest BCUT2D eigenvalue weighted by Gasteiger charge is -2.18. The molecule has 0 amide bonds. The molecule has 0 fully saturated rings. The van der Waals surface area contributed by atoms with Crippen molar-refractivity contribution in [3.05, 3.63) is 45.9 Å². The zero-order chi connectivity index (χ0) is 20.9. The van der Waals surface area contributed by atoms with Crippen LogP contribution in [0.3, 0.4) is 0 Å². The van der Waals surface area contributed by atoms with E-state index in [0.29, 0.717) is 13.2 Å². The maximum Gasteiger partial charge on any atom is 0.191 e. The molecule has 0 unspecified atom stereocenters. The molecule has 1 aromatic heterocycles. The topological polar surface area (TPSA) is 61.8 Å². The number of hydrogen-bond acceptors (Lipinski definition) is 5. The Morgan fingerprint density at radius 3 is 2.47 bits per heavy atom. The summed E-state index contributed by atoms with van der Waals surface area (Å²) in [4.78, 5) is 12.7. The fourth-order valence-electron chi connectivity index (χ4n) is 2.84. The first-order valence-corrected chi connectivity index (χ1v) is 11.3. The molecule has 0 aliphatic rings. The molecule has 2 N–H and O–H groups in total. The maximum atomic E-state index is 5.85. The van der Waals surface area contributed by atoms with Gasteiger partial charge < -0.3 is 20.3 Å². The zero-order valence-electron chi connectivity index (χ0n) is 18.6. The molecule has 1 heterocycles. The smallest absolute Gasteiger partial charge is 0.191 e. The second kappa shape index (κ2) is 15.4. The first kappa shape index (κ1) is 26.6. The van der Waals surface area contributed by atoms with Crippen molar-refractivity contribution in [3.8, 4) is 5.75 Å². The molecule has 2 aromatic rings. The van der Waals surface area contributed by atoms with Crippen LogP contribution in [0.4, 0.5) is 0 Å². The van der Waals surface area contributed by atoms with Gasteiger partial charge in [-0.05, 0) is 44.6 Å². The molecule has 6 nitrogen and oxygen atoms in total. The summed E-state index contributed by atoms with van der Waals surface area (Å²) in [6.45, 7) is 14.6. The van der Waals surface area contributed by atoms with E-state index in [4.69, 9.17) is 4.74 Å². The number of aromatic nitrogens is 1. The third kappa shape index (κ3) is 10.1. The summed E-state index contributed by atoms with van der Waals surface area (Å²) in [5.74, 6) is 1.74. The average molecular weight is 546 g/mol. The van der Waals surface area contributed by atoms with E-state index in [2.05, 4.69) is 65.3 Å². The number of thiazole rings is 1. The summed E-state index contributed by atoms with van der Waals surface area (Å²) in [7, 11) is 0. The molecular weight excluding hydrogens is 509 g/mol. The van der Waals surface area contributed by atoms with E-state index in [1.54, 1.807) is 11.3 Å². The van der Waals surface area contributed by atoms with Crippen LogP contribution in [-0.2, 0) is 13.0 Å². The fourth-order valence-corrected chi connectivity index (χ4v) is 3.63. The third-order valence-electron chi connectivity index (χ3n) is 4.56. The molecule has 0 aliphatic heterocycles. The molecule has 0 radical (unpaired) electrons. The van der Waals surface area contributed by atoms with E-state index < -0.39 is 0 Å². The van der Waals surface area contributed by atoms with Gasteiger partial charge in [0.15, 0.2) is 5.96 Å². The Balaban J connectivity index is 0.00000450. The predicted octanol–water partition coefficient (Wildman–Crippen LogP) is 4.09. The lowest BCUT2D eigenvalue weighted by molar-refractivity contribution is 0.223. The number of ether oxygens (including phenoxy) is 1. The van der Waals surface area contributed by atoms with Gasteiger partial charge in [0.05, 0.1) is 11.6 Å². The Labute approximate surface area is 202 Å². The second-order valence-electron chi connectivity index (χ2n) is 6.76. The zero-order valence-corrected chi connectivity index (χ0v) is 21.8. The molecule has 0 saturated heterocycles. The summed E-state index contributed by atoms with van der Waals surface area (Å²) >= 11 is 1.75. The lowest BCUT2D eigenvalue weighted by atomic mass is 10.2. The van der Waals surface area contributed by atoms with Crippen LogP contribution in [0.1, 0.15) is 36.2 Å². The molecule has 2 rings (SSSR count). The maximum absolute atomic E-state index is 5.85. The predicted molar refractivity (Wildman–Crippen MR) is 139 cm³/mol. The van der Waals surface area contributed by atoms with Gasteiger partial charge >= 0.3 is 0 Å². The molecule has 0 spiro atoms. The van der Waals surface area contributed by atoms with Crippen molar-refractivity contribution >= 4 is 41.3 Å². The summed E-state index contributed by atoms with van der Waals surface area (Å²) in [6, 6.07) is 8.22. The van der Waals surface area contributed by atoms with Gasteiger partial charge in [0.25, 0.3) is 0 Å². The Morgan fingerprint density at radius 2 is 1.87 bits per heavy atom. The van der Waals surface area contributed by atoms with Gasteiger partial charge in [0.1, 0.15) is 12.4 Å². The van der Waals surface area contributed by atoms with Crippen molar-refractivity contribution < 1.29 is 4.74 Å². The second-order valence-corrected chi connectivity index (χ2v) is 8.08. The van der Waals surface area contributed by atoms with Crippen LogP contribution in [0.25, 0.3) is 0 Å². The minimum absolute atomic E-state index is 0. The molecule has 0 aliphatic carbocycles. The van der Waals surface area contributed by atoms with Crippen LogP contribution in [0, 0.1) is 6.92 Å². The standard InChI is InChI=1S/C22H35N5OS.HI/c1-5-23-22(24-13-12-21-25-16-18(4)29-21)26-17-19-8-10-20(11-9-19)28-15-14-27(6-2)7-3;/h8-11,16H,5-7,12-15,17H2,1-4H3,(H2,23,24,26);1H. The summed E-state index contributed by atoms with van der Waals surface area (Å²) in [6.07, 6.45) is 2.83. The third-order valence-corrected chi connectivity index (χ3v) is 5.53. The molecule has 0 atom stereocenters. The van der Waals surface area contributed by atoms with Gasteiger partial charge in [-0.1, -0.05) is 26.0 Å². The van der Waals surface area contributed by atoms with Crippen molar-refractivity contribution in [2.24, 2.45) is 4.99 Å². The molecule has 0 bridgehead atoms. The number of hydrogen-bond donors (Lipinski definition) is 2. The van der Waals surface area contributed by atoms with Gasteiger partial charge in [0.2, 0.25) is 0 Å². The van der Waals surface area contributed by atoms with E-state index in [9.17, 15) is 0 Å². The van der Waals surface area contributed by atoms with Crippen molar-refractivity contribution in [2.45, 2.75) is 40.7 Å². The Kier molecular flexibility index (Phi) is 13.7. The SMILES string of the molecule is CCNC(=NCc1ccc(OCCN(CC)CC)cc1)NCCc1ncc(C)s1.I. The minimum atomic E-state index is 0. The quantitative estimate of drug-likeness (QED) is 0.239. The van der Waals surface area contributed by atoms with Gasteiger partial charge in [-0.3, -0.25) is 0 Å². The minimum Gasteiger partial charge on any atom is -0.492 e. The largest absolute Gasteiger partial charge is 0.492 e. The van der Waals surface area contributed by atoms with Crippen LogP contribution in [-0.4, -0.2) is 55.2 Å². The van der Waals surface area contributed by atoms with Gasteiger partial charge in [0, 0.05) is 37.1 Å². The highest BCUT2D eigenvalue weighted by Crippen LogP contribution is 2.13. The highest BCUT2D eigenvalue weighted by atomic mass is 127. The van der Waals surface area contributed by atoms with Crippen LogP contribution >= 0.6 is 35.3 Å². The van der Waals surface area contributed by atoms with Gasteiger partial charge in [-0.15, -0.1) is 35.3 Å². The Bertz CT molecular complexity index is 731. The number of benzene rings is 1. The van der Waals surface area contributed by atoms with E-state index in [1.807, 2.05) is 18.3 Å². The van der Waals surface area contributed by atoms with E-state index in [0.717, 1.165) is 61.4 Å². The molecular formula is C22H36IN5OS. The summed E-state index contributed by atoms with van der Waals surface area (Å²) < 4.78 is 5.85. The van der Waals surface area contributed by atoms with E-state index >= 15 is 0 Å². The van der Waals surface area contributed by atoms with Gasteiger partial charge in [-0.2, -0.15) is 0 Å². The fraction of sp³-hybridized carbons (Fsp3) is 0.545. The number of aliphatic imine (C=N–C) groups is 1. The average Bonchev–Trinajstić information content (AvgIpc) is 3.15. The number of rotatable bonds is 12. The molecule has 30 heavy (non-hydrogen) atoms. The summed E-state index contributed by atoms with van der Waals surface area (Å²) in [5, 5.41) is 7.84. The number of nitrogens with zero attached hydrogens (tertiary/aromatic N) is 3. The molecule has 168 valence electrons. The Morgan fingerprint density at radius 1 is 1.13 bits per heavy atom. The van der Waals surface area contributed by atoms with E-state index in [-0.39, 0.29) is 24.0 Å². The van der Waals surface area contributed by atoms with Crippen molar-refractivity contribution in [1.82, 2.24) is 20.5 Å². The van der Waals surface area contributed by atoms with Crippen molar-refractivity contribution in [1.29, 1.82) is 0 Å². The molecule has 8 heteroatoms.